The Hall–Kier alpha value is -8.18. The van der Waals surface area contributed by atoms with E-state index in [0.29, 0.717) is 17.5 Å². The number of nitrogens with zero attached hydrogens (tertiary/aromatic N) is 3. The summed E-state index contributed by atoms with van der Waals surface area (Å²) < 4.78 is 0. The highest BCUT2D eigenvalue weighted by atomic mass is 32.2. The molecule has 1 aromatic heterocycles. The second-order valence-electron chi connectivity index (χ2n) is 16.3. The number of hydrogen-bond donors (Lipinski definition) is 0. The van der Waals surface area contributed by atoms with Crippen LogP contribution in [0.5, 0.6) is 0 Å². The van der Waals surface area contributed by atoms with Crippen molar-refractivity contribution in [2.24, 2.45) is 0 Å². The highest BCUT2D eigenvalue weighted by Gasteiger charge is 2.24. The van der Waals surface area contributed by atoms with Crippen LogP contribution in [0.2, 0.25) is 0 Å². The smallest absolute Gasteiger partial charge is 0.164 e. The molecular formula is C61H39N3S. The Kier molecular flexibility index (Phi) is 9.77. The largest absolute Gasteiger partial charge is 0.208 e. The molecule has 304 valence electrons. The molecule has 3 nitrogen and oxygen atoms in total. The molecule has 2 heterocycles. The molecule has 1 aliphatic rings. The third kappa shape index (κ3) is 7.20. The summed E-state index contributed by atoms with van der Waals surface area (Å²) in [4.78, 5) is 18.3. The molecule has 0 fully saturated rings. The van der Waals surface area contributed by atoms with E-state index in [4.69, 9.17) is 15.0 Å². The van der Waals surface area contributed by atoms with Gasteiger partial charge >= 0.3 is 0 Å². The fraction of sp³-hybridized carbons (Fsp3) is 0. The van der Waals surface area contributed by atoms with E-state index in [1.807, 2.05) is 23.9 Å². The van der Waals surface area contributed by atoms with Crippen LogP contribution in [-0.2, 0) is 0 Å². The molecule has 11 aromatic rings. The Morgan fingerprint density at radius 2 is 0.662 bits per heavy atom. The maximum atomic E-state index is 5.34. The van der Waals surface area contributed by atoms with Crippen LogP contribution in [0.15, 0.2) is 246 Å². The van der Waals surface area contributed by atoms with Gasteiger partial charge < -0.3 is 0 Å². The van der Waals surface area contributed by atoms with Gasteiger partial charge in [0.15, 0.2) is 17.5 Å². The maximum Gasteiger partial charge on any atom is 0.164 e. The van der Waals surface area contributed by atoms with E-state index in [0.717, 1.165) is 61.2 Å². The van der Waals surface area contributed by atoms with E-state index in [2.05, 4.69) is 224 Å². The molecule has 10 aromatic carbocycles. The van der Waals surface area contributed by atoms with E-state index in [1.54, 1.807) is 0 Å². The monoisotopic (exact) mass is 845 g/mol. The van der Waals surface area contributed by atoms with Gasteiger partial charge in [-0.2, -0.15) is 0 Å². The van der Waals surface area contributed by atoms with E-state index in [1.165, 1.54) is 42.8 Å². The van der Waals surface area contributed by atoms with Gasteiger partial charge in [-0.15, -0.1) is 0 Å². The van der Waals surface area contributed by atoms with Crippen molar-refractivity contribution in [2.75, 3.05) is 0 Å². The second kappa shape index (κ2) is 16.5. The molecule has 65 heavy (non-hydrogen) atoms. The zero-order chi connectivity index (χ0) is 43.1. The van der Waals surface area contributed by atoms with Crippen LogP contribution in [0.25, 0.3) is 112 Å². The van der Waals surface area contributed by atoms with Crippen molar-refractivity contribution in [1.82, 2.24) is 15.0 Å². The number of rotatable bonds is 5. The van der Waals surface area contributed by atoms with Gasteiger partial charge in [-0.05, 0) is 102 Å². The molecule has 12 rings (SSSR count). The lowest BCUT2D eigenvalue weighted by atomic mass is 9.86. The lowest BCUT2D eigenvalue weighted by Crippen LogP contribution is -2.01. The Bertz CT molecular complexity index is 3480. The first-order chi connectivity index (χ1) is 32.2. The Morgan fingerprint density at radius 1 is 0.246 bits per heavy atom. The van der Waals surface area contributed by atoms with E-state index >= 15 is 0 Å². The van der Waals surface area contributed by atoms with Crippen LogP contribution in [0, 0.1) is 0 Å². The van der Waals surface area contributed by atoms with Gasteiger partial charge in [-0.1, -0.05) is 224 Å². The summed E-state index contributed by atoms with van der Waals surface area (Å²) in [5.74, 6) is 1.84. The first kappa shape index (κ1) is 38.5. The molecule has 0 aliphatic carbocycles. The average molecular weight is 846 g/mol. The summed E-state index contributed by atoms with van der Waals surface area (Å²) in [7, 11) is 0. The number of fused-ring (bicyclic) bond motifs is 11. The van der Waals surface area contributed by atoms with Crippen molar-refractivity contribution < 1.29 is 0 Å². The average Bonchev–Trinajstić information content (AvgIpc) is 3.40. The Labute approximate surface area is 382 Å². The lowest BCUT2D eigenvalue weighted by Gasteiger charge is -2.19. The van der Waals surface area contributed by atoms with Gasteiger partial charge in [0.2, 0.25) is 0 Å². The molecule has 0 spiro atoms. The third-order valence-electron chi connectivity index (χ3n) is 12.4. The summed E-state index contributed by atoms with van der Waals surface area (Å²) in [5, 5.41) is 2.41. The SMILES string of the molecule is c1ccc(-c2cccc(-c3nc(-c4cccc(-c5ccccc5)c4)nc(-c4ccc5c(c4)-c4ccc6ccccc6c4Sc4ccccc4-c4ccccc4-c4ccccc4-5)n3)c2)cc1. The molecule has 0 bridgehead atoms. The van der Waals surface area contributed by atoms with Crippen molar-refractivity contribution >= 4 is 22.5 Å². The van der Waals surface area contributed by atoms with Gasteiger partial charge in [0.1, 0.15) is 0 Å². The fourth-order valence-corrected chi connectivity index (χ4v) is 10.4. The number of aromatic nitrogens is 3. The minimum atomic E-state index is 0.608. The molecule has 0 unspecified atom stereocenters. The minimum absolute atomic E-state index is 0.608. The normalized spacial score (nSPS) is 11.6. The molecule has 0 radical (unpaired) electrons. The predicted molar refractivity (Wildman–Crippen MR) is 270 cm³/mol. The third-order valence-corrected chi connectivity index (χ3v) is 13.6. The molecule has 4 heteroatoms. The number of benzene rings is 10. The van der Waals surface area contributed by atoms with E-state index in [-0.39, 0.29) is 0 Å². The molecule has 0 atom stereocenters. The van der Waals surface area contributed by atoms with Crippen molar-refractivity contribution in [2.45, 2.75) is 9.79 Å². The van der Waals surface area contributed by atoms with Crippen LogP contribution in [0.1, 0.15) is 0 Å². The Morgan fingerprint density at radius 3 is 1.25 bits per heavy atom. The van der Waals surface area contributed by atoms with E-state index in [9.17, 15) is 0 Å². The molecular weight excluding hydrogens is 807 g/mol. The number of hydrogen-bond acceptors (Lipinski definition) is 4. The summed E-state index contributed by atoms with van der Waals surface area (Å²) in [6, 6.07) is 84.5. The quantitative estimate of drug-likeness (QED) is 0.173. The van der Waals surface area contributed by atoms with Gasteiger partial charge in [0.05, 0.1) is 0 Å². The van der Waals surface area contributed by atoms with Gasteiger partial charge in [-0.3, -0.25) is 0 Å². The van der Waals surface area contributed by atoms with Crippen LogP contribution >= 0.6 is 11.8 Å². The summed E-state index contributed by atoms with van der Waals surface area (Å²) in [6.07, 6.45) is 0. The van der Waals surface area contributed by atoms with Crippen LogP contribution < -0.4 is 0 Å². The van der Waals surface area contributed by atoms with Gasteiger partial charge in [0.25, 0.3) is 0 Å². The zero-order valence-electron chi connectivity index (χ0n) is 35.3. The van der Waals surface area contributed by atoms with Crippen LogP contribution in [0.4, 0.5) is 0 Å². The summed E-state index contributed by atoms with van der Waals surface area (Å²) in [6.45, 7) is 0. The van der Waals surface area contributed by atoms with Crippen molar-refractivity contribution in [3.63, 3.8) is 0 Å². The standard InChI is InChI=1S/C61H39N3S/c1-3-17-40(18-4-1)43-22-15-24-45(37-43)59-62-60(46-25-16-23-44(38-46)41-19-5-2-6-20-41)64-61(63-59)47-34-35-53-51-29-10-9-27-49(51)50-28-11-12-30-52(50)54-31-13-14-32-57(54)65-58-48-26-8-7-21-42(48)33-36-55(58)56(53)39-47/h1-39H. The van der Waals surface area contributed by atoms with Crippen molar-refractivity contribution in [1.29, 1.82) is 0 Å². The highest BCUT2D eigenvalue weighted by molar-refractivity contribution is 7.99. The van der Waals surface area contributed by atoms with Gasteiger partial charge in [0, 0.05) is 26.5 Å². The summed E-state index contributed by atoms with van der Waals surface area (Å²) in [5.41, 5.74) is 16.6. The molecule has 0 amide bonds. The predicted octanol–water partition coefficient (Wildman–Crippen LogP) is 16.5. The topological polar surface area (TPSA) is 38.7 Å². The first-order valence-electron chi connectivity index (χ1n) is 21.9. The van der Waals surface area contributed by atoms with Crippen molar-refractivity contribution in [3.8, 4) is 101 Å². The second-order valence-corrected chi connectivity index (χ2v) is 17.4. The van der Waals surface area contributed by atoms with Crippen LogP contribution in [0.3, 0.4) is 0 Å². The first-order valence-corrected chi connectivity index (χ1v) is 22.7. The minimum Gasteiger partial charge on any atom is -0.208 e. The summed E-state index contributed by atoms with van der Waals surface area (Å²) >= 11 is 1.84. The van der Waals surface area contributed by atoms with Gasteiger partial charge in [-0.25, -0.2) is 15.0 Å². The molecule has 0 N–H and O–H groups in total. The van der Waals surface area contributed by atoms with Crippen molar-refractivity contribution in [3.05, 3.63) is 237 Å². The molecule has 1 aliphatic heterocycles. The maximum absolute atomic E-state index is 5.34. The lowest BCUT2D eigenvalue weighted by molar-refractivity contribution is 1.07. The fourth-order valence-electron chi connectivity index (χ4n) is 9.20. The molecule has 0 saturated carbocycles. The van der Waals surface area contributed by atoms with E-state index < -0.39 is 0 Å². The highest BCUT2D eigenvalue weighted by Crippen LogP contribution is 2.50. The van der Waals surface area contributed by atoms with Crippen LogP contribution in [-0.4, -0.2) is 15.0 Å². The zero-order valence-corrected chi connectivity index (χ0v) is 36.1. The molecule has 0 saturated heterocycles. The Balaban J connectivity index is 1.12.